The molecule has 4 rings (SSSR count). The van der Waals surface area contributed by atoms with Gasteiger partial charge in [0.1, 0.15) is 11.4 Å². The van der Waals surface area contributed by atoms with Crippen molar-refractivity contribution in [1.82, 2.24) is 30.5 Å². The highest BCUT2D eigenvalue weighted by Gasteiger charge is 2.24. The molecular formula is C23H29N7O2. The molecule has 0 radical (unpaired) electrons. The van der Waals surface area contributed by atoms with Gasteiger partial charge in [-0.25, -0.2) is 4.98 Å². The van der Waals surface area contributed by atoms with Crippen molar-refractivity contribution in [1.29, 1.82) is 0 Å². The Hall–Kier alpha value is -3.33. The summed E-state index contributed by atoms with van der Waals surface area (Å²) in [4.78, 5) is 18.8. The maximum Gasteiger partial charge on any atom is 0.270 e. The molecule has 0 unspecified atom stereocenters. The molecule has 2 atom stereocenters. The maximum atomic E-state index is 12.7. The number of aromatic nitrogens is 5. The fourth-order valence-corrected chi connectivity index (χ4v) is 4.19. The van der Waals surface area contributed by atoms with Crippen molar-refractivity contribution in [2.75, 3.05) is 13.7 Å². The molecule has 9 heteroatoms. The first-order valence-electron chi connectivity index (χ1n) is 10.9. The second kappa shape index (κ2) is 9.86. The highest BCUT2D eigenvalue weighted by molar-refractivity contribution is 5.93. The van der Waals surface area contributed by atoms with Crippen LogP contribution in [0.15, 0.2) is 36.4 Å². The number of benzene rings is 1. The van der Waals surface area contributed by atoms with Crippen LogP contribution in [0.1, 0.15) is 41.0 Å². The molecule has 32 heavy (non-hydrogen) atoms. The molecule has 0 aliphatic heterocycles. The van der Waals surface area contributed by atoms with E-state index in [1.165, 1.54) is 6.42 Å². The highest BCUT2D eigenvalue weighted by Crippen LogP contribution is 2.31. The predicted molar refractivity (Wildman–Crippen MR) is 120 cm³/mol. The zero-order valence-corrected chi connectivity index (χ0v) is 18.5. The van der Waals surface area contributed by atoms with Gasteiger partial charge in [0.15, 0.2) is 0 Å². The van der Waals surface area contributed by atoms with Gasteiger partial charge in [-0.3, -0.25) is 4.79 Å². The summed E-state index contributed by atoms with van der Waals surface area (Å²) in [6.07, 6.45) is 3.42. The van der Waals surface area contributed by atoms with E-state index in [-0.39, 0.29) is 5.91 Å². The fraction of sp³-hybridized carbons (Fsp3) is 0.435. The van der Waals surface area contributed by atoms with Crippen LogP contribution in [0.2, 0.25) is 0 Å². The van der Waals surface area contributed by atoms with Gasteiger partial charge in [-0.05, 0) is 79.6 Å². The van der Waals surface area contributed by atoms with Crippen molar-refractivity contribution in [3.63, 3.8) is 0 Å². The number of carbonyl (C=O) groups is 1. The molecule has 1 saturated carbocycles. The Labute approximate surface area is 187 Å². The summed E-state index contributed by atoms with van der Waals surface area (Å²) < 4.78 is 5.23. The number of aryl methyl sites for hydroxylation is 1. The molecule has 2 heterocycles. The molecule has 1 aliphatic rings. The third-order valence-corrected chi connectivity index (χ3v) is 5.89. The number of nitrogens with two attached hydrogens (primary N) is 1. The van der Waals surface area contributed by atoms with Crippen LogP contribution in [-0.2, 0) is 13.1 Å². The van der Waals surface area contributed by atoms with Crippen molar-refractivity contribution in [2.24, 2.45) is 17.6 Å². The Balaban J connectivity index is 1.43. The van der Waals surface area contributed by atoms with Crippen molar-refractivity contribution in [3.05, 3.63) is 53.3 Å². The Morgan fingerprint density at radius 2 is 2.09 bits per heavy atom. The molecule has 1 amide bonds. The van der Waals surface area contributed by atoms with Crippen LogP contribution in [0.4, 0.5) is 0 Å². The molecule has 168 valence electrons. The summed E-state index contributed by atoms with van der Waals surface area (Å²) in [5.74, 6) is 2.11. The number of rotatable bonds is 8. The minimum absolute atomic E-state index is 0.260. The number of pyridine rings is 1. The number of nitrogens with zero attached hydrogens (tertiary/aromatic N) is 5. The SMILES string of the molecule is COc1cccc(CNC(=O)c2cc(-c3nnn(C[C@@H]4CC[C@H](CN)C4)n3)cc(C)n2)c1. The maximum absolute atomic E-state index is 12.7. The topological polar surface area (TPSA) is 121 Å². The summed E-state index contributed by atoms with van der Waals surface area (Å²) in [7, 11) is 1.62. The predicted octanol–water partition coefficient (Wildman–Crippen LogP) is 2.36. The number of tetrazole rings is 1. The van der Waals surface area contributed by atoms with Crippen LogP contribution >= 0.6 is 0 Å². The number of carbonyl (C=O) groups excluding carboxylic acids is 1. The van der Waals surface area contributed by atoms with Gasteiger partial charge in [0, 0.05) is 17.8 Å². The fourth-order valence-electron chi connectivity index (χ4n) is 4.19. The van der Waals surface area contributed by atoms with Gasteiger partial charge in [-0.1, -0.05) is 12.1 Å². The van der Waals surface area contributed by atoms with Gasteiger partial charge in [0.05, 0.1) is 13.7 Å². The molecule has 0 saturated heterocycles. The average molecular weight is 436 g/mol. The molecule has 3 aromatic rings. The van der Waals surface area contributed by atoms with E-state index in [9.17, 15) is 4.79 Å². The van der Waals surface area contributed by atoms with Crippen LogP contribution in [0.3, 0.4) is 0 Å². The zero-order chi connectivity index (χ0) is 22.5. The van der Waals surface area contributed by atoms with Crippen LogP contribution < -0.4 is 15.8 Å². The lowest BCUT2D eigenvalue weighted by Crippen LogP contribution is -2.24. The standard InChI is InChI=1S/C23H29N7O2/c1-15-8-19(22-27-29-30(28-22)14-18-7-6-16(9-18)12-24)11-21(26-15)23(31)25-13-17-4-3-5-20(10-17)32-2/h3-5,8,10-11,16,18H,6-7,9,12-14,24H2,1-2H3,(H,25,31)/t16-,18+/m0/s1. The second-order valence-corrected chi connectivity index (χ2v) is 8.37. The number of methoxy groups -OCH3 is 1. The summed E-state index contributed by atoms with van der Waals surface area (Å²) in [6, 6.07) is 11.1. The third-order valence-electron chi connectivity index (χ3n) is 5.89. The number of amides is 1. The first-order valence-corrected chi connectivity index (χ1v) is 10.9. The third kappa shape index (κ3) is 5.28. The van der Waals surface area contributed by atoms with Gasteiger partial charge >= 0.3 is 0 Å². The summed E-state index contributed by atoms with van der Waals surface area (Å²) in [5.41, 5.74) is 8.50. The lowest BCUT2D eigenvalue weighted by Gasteiger charge is -2.08. The normalized spacial score (nSPS) is 18.0. The molecule has 2 aromatic heterocycles. The molecule has 3 N–H and O–H groups in total. The van der Waals surface area contributed by atoms with Crippen molar-refractivity contribution < 1.29 is 9.53 Å². The van der Waals surface area contributed by atoms with Crippen molar-refractivity contribution in [2.45, 2.75) is 39.3 Å². The summed E-state index contributed by atoms with van der Waals surface area (Å²) in [5, 5.41) is 15.9. The van der Waals surface area contributed by atoms with Gasteiger partial charge in [-0.2, -0.15) is 4.80 Å². The molecule has 1 aromatic carbocycles. The van der Waals surface area contributed by atoms with E-state index >= 15 is 0 Å². The average Bonchev–Trinajstić information content (AvgIpc) is 3.47. The largest absolute Gasteiger partial charge is 0.497 e. The molecule has 1 fully saturated rings. The zero-order valence-electron chi connectivity index (χ0n) is 18.5. The van der Waals surface area contributed by atoms with Gasteiger partial charge < -0.3 is 15.8 Å². The number of ether oxygens (including phenoxy) is 1. The van der Waals surface area contributed by atoms with E-state index in [4.69, 9.17) is 10.5 Å². The van der Waals surface area contributed by atoms with E-state index < -0.39 is 0 Å². The molecular weight excluding hydrogens is 406 g/mol. The van der Waals surface area contributed by atoms with Crippen LogP contribution in [0.5, 0.6) is 5.75 Å². The quantitative estimate of drug-likeness (QED) is 0.557. The Morgan fingerprint density at radius 1 is 1.25 bits per heavy atom. The van der Waals surface area contributed by atoms with Crippen LogP contribution in [-0.4, -0.2) is 44.8 Å². The summed E-state index contributed by atoms with van der Waals surface area (Å²) in [6.45, 7) is 3.70. The monoisotopic (exact) mass is 435 g/mol. The molecule has 0 bridgehead atoms. The second-order valence-electron chi connectivity index (χ2n) is 8.37. The number of nitrogens with one attached hydrogen (secondary N) is 1. The van der Waals surface area contributed by atoms with E-state index in [1.807, 2.05) is 37.3 Å². The first kappa shape index (κ1) is 21.9. The summed E-state index contributed by atoms with van der Waals surface area (Å²) >= 11 is 0. The van der Waals surface area contributed by atoms with E-state index in [0.717, 1.165) is 42.8 Å². The number of hydrogen-bond donors (Lipinski definition) is 2. The van der Waals surface area contributed by atoms with E-state index in [0.29, 0.717) is 35.6 Å². The van der Waals surface area contributed by atoms with Crippen molar-refractivity contribution >= 4 is 5.91 Å². The molecule has 0 spiro atoms. The minimum atomic E-state index is -0.260. The Kier molecular flexibility index (Phi) is 6.75. The Morgan fingerprint density at radius 3 is 2.88 bits per heavy atom. The molecule has 9 nitrogen and oxygen atoms in total. The number of hydrogen-bond acceptors (Lipinski definition) is 7. The van der Waals surface area contributed by atoms with E-state index in [1.54, 1.807) is 18.0 Å². The molecule has 1 aliphatic carbocycles. The minimum Gasteiger partial charge on any atom is -0.497 e. The van der Waals surface area contributed by atoms with Gasteiger partial charge in [0.25, 0.3) is 5.91 Å². The van der Waals surface area contributed by atoms with E-state index in [2.05, 4.69) is 25.7 Å². The highest BCUT2D eigenvalue weighted by atomic mass is 16.5. The van der Waals surface area contributed by atoms with Crippen LogP contribution in [0.25, 0.3) is 11.4 Å². The van der Waals surface area contributed by atoms with Crippen LogP contribution in [0, 0.1) is 18.8 Å². The first-order chi connectivity index (χ1) is 15.5. The Bertz CT molecular complexity index is 1080. The lowest BCUT2D eigenvalue weighted by molar-refractivity contribution is 0.0945. The van der Waals surface area contributed by atoms with Crippen molar-refractivity contribution in [3.8, 4) is 17.1 Å². The lowest BCUT2D eigenvalue weighted by atomic mass is 10.1. The smallest absolute Gasteiger partial charge is 0.270 e. The van der Waals surface area contributed by atoms with Gasteiger partial charge in [-0.15, -0.1) is 10.2 Å². The van der Waals surface area contributed by atoms with Gasteiger partial charge in [0.2, 0.25) is 5.82 Å².